The molecule has 0 saturated heterocycles. The van der Waals surface area contributed by atoms with E-state index in [1.165, 1.54) is 5.56 Å². The normalized spacial score (nSPS) is 11.5. The Kier molecular flexibility index (Phi) is 8.26. The molecule has 0 saturated carbocycles. The summed E-state index contributed by atoms with van der Waals surface area (Å²) in [5, 5.41) is 17.6. The van der Waals surface area contributed by atoms with E-state index in [0.717, 1.165) is 11.5 Å². The molecule has 0 radical (unpaired) electrons. The van der Waals surface area contributed by atoms with E-state index in [2.05, 4.69) is 24.3 Å². The van der Waals surface area contributed by atoms with Crippen molar-refractivity contribution < 1.29 is 10.2 Å². The van der Waals surface area contributed by atoms with E-state index in [9.17, 15) is 0 Å². The minimum Gasteiger partial charge on any atom is -0.396 e. The summed E-state index contributed by atoms with van der Waals surface area (Å²) >= 11 is 3.39. The van der Waals surface area contributed by atoms with Crippen molar-refractivity contribution in [2.24, 2.45) is 0 Å². The van der Waals surface area contributed by atoms with Crippen LogP contribution in [0.25, 0.3) is 6.08 Å². The van der Waals surface area contributed by atoms with E-state index in [4.69, 9.17) is 10.2 Å². The Morgan fingerprint density at radius 3 is 2.12 bits per heavy atom. The molecule has 0 aliphatic carbocycles. The van der Waals surface area contributed by atoms with Gasteiger partial charge in [-0.15, -0.1) is 23.5 Å². The lowest BCUT2D eigenvalue weighted by Gasteiger charge is -2.10. The summed E-state index contributed by atoms with van der Waals surface area (Å²) in [5.74, 6) is 1.45. The van der Waals surface area contributed by atoms with Gasteiger partial charge >= 0.3 is 0 Å². The van der Waals surface area contributed by atoms with Crippen molar-refractivity contribution >= 4 is 29.6 Å². The number of aliphatic hydroxyl groups excluding tert-OH is 2. The van der Waals surface area contributed by atoms with E-state index in [1.54, 1.807) is 23.5 Å². The topological polar surface area (TPSA) is 40.5 Å². The number of thioether (sulfide) groups is 2. The molecule has 0 fully saturated rings. The molecule has 0 aromatic heterocycles. The average molecular weight is 270 g/mol. The fourth-order valence-electron chi connectivity index (χ4n) is 1.25. The highest BCUT2D eigenvalue weighted by Gasteiger charge is 2.04. The molecular formula is C13H18O2S2. The van der Waals surface area contributed by atoms with Gasteiger partial charge in [-0.2, -0.15) is 0 Å². The second-order valence-electron chi connectivity index (χ2n) is 3.33. The van der Waals surface area contributed by atoms with Crippen LogP contribution in [0.1, 0.15) is 5.56 Å². The summed E-state index contributed by atoms with van der Waals surface area (Å²) in [6.45, 7) is 0.389. The van der Waals surface area contributed by atoms with Gasteiger partial charge in [0.1, 0.15) is 0 Å². The van der Waals surface area contributed by atoms with Gasteiger partial charge in [0.2, 0.25) is 0 Å². The van der Waals surface area contributed by atoms with Crippen molar-refractivity contribution in [1.82, 2.24) is 0 Å². The lowest BCUT2D eigenvalue weighted by molar-refractivity contribution is 0.322. The highest BCUT2D eigenvalue weighted by molar-refractivity contribution is 8.17. The maximum Gasteiger partial charge on any atom is 0.0687 e. The van der Waals surface area contributed by atoms with Crippen LogP contribution in [0.3, 0.4) is 0 Å². The molecule has 1 aromatic rings. The monoisotopic (exact) mass is 270 g/mol. The van der Waals surface area contributed by atoms with Crippen LogP contribution in [-0.2, 0) is 0 Å². The molecule has 0 aliphatic rings. The molecule has 2 N–H and O–H groups in total. The Balaban J connectivity index is 2.49. The van der Waals surface area contributed by atoms with Crippen LogP contribution < -0.4 is 0 Å². The van der Waals surface area contributed by atoms with Crippen molar-refractivity contribution in [1.29, 1.82) is 0 Å². The molecular weight excluding hydrogens is 252 g/mol. The average Bonchev–Trinajstić information content (AvgIpc) is 2.39. The first-order chi connectivity index (χ1) is 8.36. The number of benzene rings is 1. The molecule has 94 valence electrons. The van der Waals surface area contributed by atoms with Gasteiger partial charge in [-0.05, 0) is 5.56 Å². The van der Waals surface area contributed by atoms with Gasteiger partial charge in [0, 0.05) is 11.5 Å². The van der Waals surface area contributed by atoms with Crippen LogP contribution in [0.5, 0.6) is 0 Å². The Labute approximate surface area is 111 Å². The molecule has 4 heteroatoms. The molecule has 1 aromatic carbocycles. The highest BCUT2D eigenvalue weighted by atomic mass is 32.2. The van der Waals surface area contributed by atoms with E-state index in [-0.39, 0.29) is 17.8 Å². The van der Waals surface area contributed by atoms with Gasteiger partial charge in [-0.3, -0.25) is 0 Å². The van der Waals surface area contributed by atoms with E-state index in [0.29, 0.717) is 0 Å². The third kappa shape index (κ3) is 6.78. The standard InChI is InChI=1S/C13H18O2S2/c14-8-10-16-13(17-11-9-15)7-6-12-4-2-1-3-5-12/h1-7,13-15H,8-11H2. The largest absolute Gasteiger partial charge is 0.396 e. The second kappa shape index (κ2) is 9.59. The van der Waals surface area contributed by atoms with Gasteiger partial charge in [-0.1, -0.05) is 42.5 Å². The van der Waals surface area contributed by atoms with Gasteiger partial charge in [-0.25, -0.2) is 0 Å². The van der Waals surface area contributed by atoms with Crippen molar-refractivity contribution in [3.05, 3.63) is 42.0 Å². The molecule has 0 unspecified atom stereocenters. The minimum atomic E-state index is 0.194. The molecule has 17 heavy (non-hydrogen) atoms. The Morgan fingerprint density at radius 2 is 1.59 bits per heavy atom. The van der Waals surface area contributed by atoms with E-state index in [1.807, 2.05) is 18.2 Å². The van der Waals surface area contributed by atoms with Crippen LogP contribution in [0.2, 0.25) is 0 Å². The van der Waals surface area contributed by atoms with Crippen LogP contribution in [0, 0.1) is 0 Å². The fraction of sp³-hybridized carbons (Fsp3) is 0.385. The zero-order valence-corrected chi connectivity index (χ0v) is 11.3. The third-order valence-electron chi connectivity index (χ3n) is 1.99. The maximum atomic E-state index is 8.82. The van der Waals surface area contributed by atoms with Crippen LogP contribution in [0.4, 0.5) is 0 Å². The lowest BCUT2D eigenvalue weighted by Crippen LogP contribution is -2.00. The summed E-state index contributed by atoms with van der Waals surface area (Å²) in [6, 6.07) is 10.1. The van der Waals surface area contributed by atoms with Crippen molar-refractivity contribution in [3.8, 4) is 0 Å². The first kappa shape index (κ1) is 14.6. The lowest BCUT2D eigenvalue weighted by atomic mass is 10.2. The molecule has 0 aliphatic heterocycles. The smallest absolute Gasteiger partial charge is 0.0687 e. The van der Waals surface area contributed by atoms with Gasteiger partial charge in [0.15, 0.2) is 0 Å². The first-order valence-electron chi connectivity index (χ1n) is 5.55. The van der Waals surface area contributed by atoms with E-state index >= 15 is 0 Å². The summed E-state index contributed by atoms with van der Waals surface area (Å²) in [6.07, 6.45) is 4.20. The molecule has 0 heterocycles. The Bertz CT molecular complexity index is 306. The van der Waals surface area contributed by atoms with Gasteiger partial charge in [0.05, 0.1) is 17.8 Å². The zero-order valence-electron chi connectivity index (χ0n) is 9.66. The summed E-state index contributed by atoms with van der Waals surface area (Å²) < 4.78 is 0.287. The second-order valence-corrected chi connectivity index (χ2v) is 6.12. The van der Waals surface area contributed by atoms with Crippen molar-refractivity contribution in [2.75, 3.05) is 24.7 Å². The van der Waals surface area contributed by atoms with Gasteiger partial charge in [0.25, 0.3) is 0 Å². The van der Waals surface area contributed by atoms with Crippen molar-refractivity contribution in [2.45, 2.75) is 4.58 Å². The minimum absolute atomic E-state index is 0.194. The van der Waals surface area contributed by atoms with Crippen LogP contribution in [0.15, 0.2) is 36.4 Å². The SMILES string of the molecule is OCCSC(C=Cc1ccccc1)SCCO. The fourth-order valence-corrected chi connectivity index (χ4v) is 3.27. The quantitative estimate of drug-likeness (QED) is 0.712. The maximum absolute atomic E-state index is 8.82. The van der Waals surface area contributed by atoms with Crippen LogP contribution >= 0.6 is 23.5 Å². The molecule has 2 nitrogen and oxygen atoms in total. The number of hydrogen-bond acceptors (Lipinski definition) is 4. The predicted octanol–water partition coefficient (Wildman–Crippen LogP) is 2.48. The zero-order chi connectivity index (χ0) is 12.3. The summed E-state index contributed by atoms with van der Waals surface area (Å²) in [7, 11) is 0. The highest BCUT2D eigenvalue weighted by Crippen LogP contribution is 2.25. The number of rotatable bonds is 8. The molecule has 0 atom stereocenters. The van der Waals surface area contributed by atoms with E-state index < -0.39 is 0 Å². The Hall–Kier alpha value is -0.420. The molecule has 0 bridgehead atoms. The first-order valence-corrected chi connectivity index (χ1v) is 7.64. The van der Waals surface area contributed by atoms with Crippen molar-refractivity contribution in [3.63, 3.8) is 0 Å². The molecule has 0 spiro atoms. The van der Waals surface area contributed by atoms with Crippen LogP contribution in [-0.4, -0.2) is 39.5 Å². The van der Waals surface area contributed by atoms with Gasteiger partial charge < -0.3 is 10.2 Å². The molecule has 0 amide bonds. The number of aliphatic hydroxyl groups is 2. The molecule has 1 rings (SSSR count). The number of hydrogen-bond donors (Lipinski definition) is 2. The third-order valence-corrected chi connectivity index (χ3v) is 4.62. The predicted molar refractivity (Wildman–Crippen MR) is 78.4 cm³/mol. The summed E-state index contributed by atoms with van der Waals surface area (Å²) in [5.41, 5.74) is 1.17. The Morgan fingerprint density at radius 1 is 1.00 bits per heavy atom. The summed E-state index contributed by atoms with van der Waals surface area (Å²) in [4.78, 5) is 0.